The van der Waals surface area contributed by atoms with E-state index in [1.807, 2.05) is 11.8 Å². The third-order valence-electron chi connectivity index (χ3n) is 5.63. The Morgan fingerprint density at radius 1 is 1.13 bits per heavy atom. The van der Waals surface area contributed by atoms with Gasteiger partial charge in [0.05, 0.1) is 5.69 Å². The Balaban J connectivity index is 1.58. The average Bonchev–Trinajstić information content (AvgIpc) is 2.82. The van der Waals surface area contributed by atoms with E-state index in [1.54, 1.807) is 42.7 Å². The molecule has 0 spiro atoms. The highest BCUT2D eigenvalue weighted by atomic mass is 16.5. The molecule has 1 N–H and O–H groups in total. The number of hydrogen-bond acceptors (Lipinski definition) is 5. The Morgan fingerprint density at radius 2 is 1.87 bits per heavy atom. The molecule has 1 saturated heterocycles. The summed E-state index contributed by atoms with van der Waals surface area (Å²) >= 11 is 0. The first-order valence-corrected chi connectivity index (χ1v) is 10.7. The van der Waals surface area contributed by atoms with Gasteiger partial charge in [-0.15, -0.1) is 0 Å². The molecule has 8 nitrogen and oxygen atoms in total. The fourth-order valence-corrected chi connectivity index (χ4v) is 3.91. The summed E-state index contributed by atoms with van der Waals surface area (Å²) in [4.78, 5) is 45.6. The van der Waals surface area contributed by atoms with E-state index in [-0.39, 0.29) is 24.3 Å². The molecule has 3 amide bonds. The lowest BCUT2D eigenvalue weighted by Gasteiger charge is -2.36. The number of likely N-dealkylation sites (tertiary alicyclic amines) is 1. The molecule has 0 bridgehead atoms. The number of amides is 3. The second-order valence-corrected chi connectivity index (χ2v) is 7.75. The van der Waals surface area contributed by atoms with E-state index in [1.165, 1.54) is 4.90 Å². The van der Waals surface area contributed by atoms with Gasteiger partial charge in [0.2, 0.25) is 5.91 Å². The number of nitrogens with one attached hydrogen (secondary N) is 1. The van der Waals surface area contributed by atoms with Gasteiger partial charge >= 0.3 is 0 Å². The largest absolute Gasteiger partial charge is 0.478 e. The summed E-state index contributed by atoms with van der Waals surface area (Å²) in [6.07, 6.45) is 6.08. The number of rotatable bonds is 5. The number of ether oxygens (including phenoxy) is 1. The summed E-state index contributed by atoms with van der Waals surface area (Å²) in [6.45, 7) is 3.29. The molecule has 162 valence electrons. The Bertz CT molecular complexity index is 973. The molecule has 31 heavy (non-hydrogen) atoms. The number of carbonyl (C=O) groups is 3. The van der Waals surface area contributed by atoms with Crippen LogP contribution in [-0.2, 0) is 9.59 Å². The number of benzene rings is 1. The molecule has 4 rings (SSSR count). The van der Waals surface area contributed by atoms with Crippen molar-refractivity contribution in [2.75, 3.05) is 29.9 Å². The van der Waals surface area contributed by atoms with Crippen LogP contribution >= 0.6 is 0 Å². The second kappa shape index (κ2) is 9.16. The quantitative estimate of drug-likeness (QED) is 0.800. The highest BCUT2D eigenvalue weighted by molar-refractivity contribution is 6.07. The van der Waals surface area contributed by atoms with E-state index in [2.05, 4.69) is 10.3 Å². The third-order valence-corrected chi connectivity index (χ3v) is 5.63. The van der Waals surface area contributed by atoms with Crippen LogP contribution in [0.3, 0.4) is 0 Å². The molecule has 1 fully saturated rings. The molecule has 0 saturated carbocycles. The lowest BCUT2D eigenvalue weighted by atomic mass is 10.1. The van der Waals surface area contributed by atoms with Gasteiger partial charge in [0, 0.05) is 36.7 Å². The van der Waals surface area contributed by atoms with Crippen molar-refractivity contribution in [2.45, 2.75) is 38.7 Å². The van der Waals surface area contributed by atoms with E-state index in [4.69, 9.17) is 4.74 Å². The van der Waals surface area contributed by atoms with Gasteiger partial charge in [-0.2, -0.15) is 0 Å². The highest BCUT2D eigenvalue weighted by Gasteiger charge is 2.35. The predicted octanol–water partition coefficient (Wildman–Crippen LogP) is 2.85. The zero-order chi connectivity index (χ0) is 21.8. The molecule has 8 heteroatoms. The summed E-state index contributed by atoms with van der Waals surface area (Å²) in [5.41, 5.74) is 1.48. The van der Waals surface area contributed by atoms with E-state index in [0.29, 0.717) is 29.1 Å². The summed E-state index contributed by atoms with van der Waals surface area (Å²) < 4.78 is 5.86. The number of piperidine rings is 1. The number of pyridine rings is 1. The molecule has 2 aromatic rings. The van der Waals surface area contributed by atoms with Crippen molar-refractivity contribution in [2.24, 2.45) is 0 Å². The summed E-state index contributed by atoms with van der Waals surface area (Å²) in [7, 11) is 0. The minimum absolute atomic E-state index is 0.0343. The molecule has 3 heterocycles. The van der Waals surface area contributed by atoms with Crippen molar-refractivity contribution in [3.63, 3.8) is 0 Å². The van der Waals surface area contributed by atoms with E-state index < -0.39 is 6.10 Å². The van der Waals surface area contributed by atoms with Gasteiger partial charge in [-0.1, -0.05) is 6.92 Å². The molecular formula is C23H26N4O4. The van der Waals surface area contributed by atoms with Crippen LogP contribution in [0.5, 0.6) is 5.75 Å². The summed E-state index contributed by atoms with van der Waals surface area (Å²) in [5, 5.41) is 2.83. The Morgan fingerprint density at radius 3 is 2.58 bits per heavy atom. The maximum absolute atomic E-state index is 13.0. The predicted molar refractivity (Wildman–Crippen MR) is 116 cm³/mol. The topological polar surface area (TPSA) is 91.8 Å². The molecule has 2 aliphatic heterocycles. The summed E-state index contributed by atoms with van der Waals surface area (Å²) in [5.74, 6) is -0.0625. The molecule has 1 aromatic heterocycles. The highest BCUT2D eigenvalue weighted by Crippen LogP contribution is 2.37. The van der Waals surface area contributed by atoms with Gasteiger partial charge in [0.15, 0.2) is 6.10 Å². The van der Waals surface area contributed by atoms with Gasteiger partial charge in [-0.3, -0.25) is 24.3 Å². The lowest BCUT2D eigenvalue weighted by Crippen LogP contribution is -2.51. The molecular weight excluding hydrogens is 396 g/mol. The fourth-order valence-electron chi connectivity index (χ4n) is 3.91. The minimum Gasteiger partial charge on any atom is -0.478 e. The van der Waals surface area contributed by atoms with E-state index in [0.717, 1.165) is 32.4 Å². The maximum atomic E-state index is 13.0. The first-order chi connectivity index (χ1) is 15.1. The Kier molecular flexibility index (Phi) is 6.16. The van der Waals surface area contributed by atoms with Crippen molar-refractivity contribution < 1.29 is 19.1 Å². The zero-order valence-electron chi connectivity index (χ0n) is 17.5. The normalized spacial score (nSPS) is 18.2. The smallest absolute Gasteiger partial charge is 0.268 e. The molecule has 1 atom stereocenters. The lowest BCUT2D eigenvalue weighted by molar-refractivity contribution is -0.134. The van der Waals surface area contributed by atoms with Crippen LogP contribution in [0.25, 0.3) is 0 Å². The monoisotopic (exact) mass is 422 g/mol. The Hall–Kier alpha value is -3.42. The average molecular weight is 422 g/mol. The van der Waals surface area contributed by atoms with E-state index in [9.17, 15) is 14.4 Å². The van der Waals surface area contributed by atoms with Crippen molar-refractivity contribution in [3.05, 3.63) is 48.3 Å². The molecule has 1 unspecified atom stereocenters. The van der Waals surface area contributed by atoms with Crippen molar-refractivity contribution in [1.82, 2.24) is 9.88 Å². The zero-order valence-corrected chi connectivity index (χ0v) is 17.5. The van der Waals surface area contributed by atoms with Crippen LogP contribution in [0, 0.1) is 0 Å². The third kappa shape index (κ3) is 4.52. The van der Waals surface area contributed by atoms with Crippen LogP contribution < -0.4 is 15.0 Å². The first kappa shape index (κ1) is 20.8. The van der Waals surface area contributed by atoms with Gasteiger partial charge < -0.3 is 15.0 Å². The minimum atomic E-state index is -0.626. The Labute approximate surface area is 181 Å². The number of fused-ring (bicyclic) bond motifs is 1. The van der Waals surface area contributed by atoms with Crippen LogP contribution in [0.2, 0.25) is 0 Å². The van der Waals surface area contributed by atoms with Gasteiger partial charge in [-0.25, -0.2) is 0 Å². The van der Waals surface area contributed by atoms with E-state index >= 15 is 0 Å². The van der Waals surface area contributed by atoms with Crippen molar-refractivity contribution in [3.8, 4) is 5.75 Å². The van der Waals surface area contributed by atoms with Crippen LogP contribution in [0.4, 0.5) is 11.4 Å². The maximum Gasteiger partial charge on any atom is 0.268 e. The second-order valence-electron chi connectivity index (χ2n) is 7.75. The first-order valence-electron chi connectivity index (χ1n) is 10.7. The van der Waals surface area contributed by atoms with Crippen LogP contribution in [0.15, 0.2) is 42.7 Å². The van der Waals surface area contributed by atoms with Crippen LogP contribution in [0.1, 0.15) is 43.0 Å². The number of nitrogens with zero attached hydrogens (tertiary/aromatic N) is 3. The number of hydrogen-bond donors (Lipinski definition) is 1. The molecule has 0 aliphatic carbocycles. The summed E-state index contributed by atoms with van der Waals surface area (Å²) in [6, 6.07) is 8.38. The van der Waals surface area contributed by atoms with Gasteiger partial charge in [-0.05, 0) is 56.0 Å². The molecule has 2 aliphatic rings. The van der Waals surface area contributed by atoms with Gasteiger partial charge in [0.25, 0.3) is 11.8 Å². The van der Waals surface area contributed by atoms with Crippen molar-refractivity contribution >= 4 is 29.1 Å². The SMILES string of the molecule is CCC1Oc2ccc(NC(=O)c3ccncc3)cc2N(CC(=O)N2CCCCC2)C1=O. The van der Waals surface area contributed by atoms with Crippen molar-refractivity contribution in [1.29, 1.82) is 0 Å². The number of aromatic nitrogens is 1. The van der Waals surface area contributed by atoms with Gasteiger partial charge in [0.1, 0.15) is 12.3 Å². The molecule has 0 radical (unpaired) electrons. The molecule has 1 aromatic carbocycles. The number of anilines is 2. The number of carbonyl (C=O) groups excluding carboxylic acids is 3. The van der Waals surface area contributed by atoms with Crippen LogP contribution in [-0.4, -0.2) is 53.3 Å². The fraction of sp³-hybridized carbons (Fsp3) is 0.391. The standard InChI is InChI=1S/C23H26N4O4/c1-2-19-23(30)27(15-21(28)26-12-4-3-5-13-26)18-14-17(6-7-20(18)31-19)25-22(29)16-8-10-24-11-9-16/h6-11,14,19H,2-5,12-13,15H2,1H3,(H,25,29).